The van der Waals surface area contributed by atoms with Crippen LogP contribution in [0, 0.1) is 0 Å². The fourth-order valence-electron chi connectivity index (χ4n) is 0.270. The number of carbonyl (C=O) groups excluding carboxylic acids is 1. The topological polar surface area (TPSA) is 46.5 Å². The highest BCUT2D eigenvalue weighted by atomic mass is 79.9. The molecule has 0 saturated heterocycles. The highest BCUT2D eigenvalue weighted by molar-refractivity contribution is 9.09. The van der Waals surface area contributed by atoms with Crippen LogP contribution in [0.4, 0.5) is 0 Å². The molecule has 5 heteroatoms. The van der Waals surface area contributed by atoms with Crippen LogP contribution in [0.3, 0.4) is 0 Å². The molecule has 0 aliphatic rings. The highest BCUT2D eigenvalue weighted by Crippen LogP contribution is 1.89. The Hall–Kier alpha value is 0.1000. The Labute approximate surface area is 63.1 Å². The molecule has 0 N–H and O–H groups in total. The van der Waals surface area contributed by atoms with Gasteiger partial charge in [0, 0.05) is 22.2 Å². The van der Waals surface area contributed by atoms with Crippen molar-refractivity contribution in [3.8, 4) is 0 Å². The van der Waals surface area contributed by atoms with Crippen LogP contribution in [0.5, 0.6) is 0 Å². The maximum Gasteiger partial charge on any atom is 0.264 e. The van der Waals surface area contributed by atoms with Crippen LogP contribution in [0.15, 0.2) is 4.36 Å². The monoisotopic (exact) mass is 213 g/mol. The van der Waals surface area contributed by atoms with Crippen molar-refractivity contribution in [2.75, 3.05) is 17.8 Å². The lowest BCUT2D eigenvalue weighted by Gasteiger charge is -1.89. The van der Waals surface area contributed by atoms with Gasteiger partial charge in [0.25, 0.3) is 5.91 Å². The minimum atomic E-state index is -2.24. The smallest absolute Gasteiger partial charge is 0.264 e. The van der Waals surface area contributed by atoms with E-state index in [4.69, 9.17) is 0 Å². The van der Waals surface area contributed by atoms with Gasteiger partial charge in [-0.3, -0.25) is 4.79 Å². The summed E-state index contributed by atoms with van der Waals surface area (Å²) < 4.78 is 14.1. The van der Waals surface area contributed by atoms with Crippen LogP contribution < -0.4 is 0 Å². The number of amides is 1. The van der Waals surface area contributed by atoms with Gasteiger partial charge < -0.3 is 0 Å². The van der Waals surface area contributed by atoms with E-state index in [9.17, 15) is 9.00 Å². The fourth-order valence-corrected chi connectivity index (χ4v) is 1.12. The van der Waals surface area contributed by atoms with Gasteiger partial charge in [0.15, 0.2) is 0 Å². The predicted octanol–water partition coefficient (Wildman–Crippen LogP) is 0.636. The molecule has 9 heavy (non-hydrogen) atoms. The van der Waals surface area contributed by atoms with Crippen LogP contribution in [0.2, 0.25) is 0 Å². The van der Waals surface area contributed by atoms with Gasteiger partial charge in [0.2, 0.25) is 0 Å². The number of nitrogens with zero attached hydrogens (tertiary/aromatic N) is 1. The molecule has 0 bridgehead atoms. The zero-order chi connectivity index (χ0) is 7.49. The molecule has 0 saturated carbocycles. The van der Waals surface area contributed by atoms with Gasteiger partial charge in [0.05, 0.1) is 5.33 Å². The van der Waals surface area contributed by atoms with Crippen molar-refractivity contribution in [1.29, 1.82) is 0 Å². The summed E-state index contributed by atoms with van der Waals surface area (Å²) in [7, 11) is -2.24. The van der Waals surface area contributed by atoms with Crippen LogP contribution >= 0.6 is 15.9 Å². The van der Waals surface area contributed by atoms with Gasteiger partial charge in [-0.2, -0.15) is 4.36 Å². The lowest BCUT2D eigenvalue weighted by atomic mass is 10.8. The zero-order valence-corrected chi connectivity index (χ0v) is 7.66. The molecule has 0 spiro atoms. The van der Waals surface area contributed by atoms with Gasteiger partial charge in [-0.1, -0.05) is 15.9 Å². The van der Waals surface area contributed by atoms with Crippen molar-refractivity contribution in [2.24, 2.45) is 4.36 Å². The Morgan fingerprint density at radius 3 is 2.22 bits per heavy atom. The normalized spacial score (nSPS) is 11.0. The van der Waals surface area contributed by atoms with E-state index in [2.05, 4.69) is 20.3 Å². The average molecular weight is 214 g/mol. The van der Waals surface area contributed by atoms with Crippen molar-refractivity contribution in [2.45, 2.75) is 0 Å². The third kappa shape index (κ3) is 5.98. The summed E-state index contributed by atoms with van der Waals surface area (Å²) >= 11 is 2.90. The van der Waals surface area contributed by atoms with Crippen LogP contribution in [0.25, 0.3) is 0 Å². The summed E-state index contributed by atoms with van der Waals surface area (Å²) in [5.41, 5.74) is 0. The molecule has 0 aromatic carbocycles. The number of rotatable bonds is 1. The molecular weight excluding hydrogens is 206 g/mol. The minimum Gasteiger partial charge on any atom is -0.271 e. The summed E-state index contributed by atoms with van der Waals surface area (Å²) in [6.45, 7) is 0. The van der Waals surface area contributed by atoms with Crippen LogP contribution in [0.1, 0.15) is 0 Å². The SMILES string of the molecule is CS(C)(=O)=NC(=O)CBr. The summed E-state index contributed by atoms with van der Waals surface area (Å²) in [6.07, 6.45) is 2.85. The molecule has 0 heterocycles. The summed E-state index contributed by atoms with van der Waals surface area (Å²) in [4.78, 5) is 10.4. The first kappa shape index (κ1) is 9.10. The van der Waals surface area contributed by atoms with E-state index in [1.165, 1.54) is 12.5 Å². The summed E-state index contributed by atoms with van der Waals surface area (Å²) in [6, 6.07) is 0. The Morgan fingerprint density at radius 1 is 1.67 bits per heavy atom. The van der Waals surface area contributed by atoms with Crippen molar-refractivity contribution in [3.05, 3.63) is 0 Å². The number of halogens is 1. The lowest BCUT2D eigenvalue weighted by Crippen LogP contribution is -2.00. The van der Waals surface area contributed by atoms with Gasteiger partial charge in [-0.25, -0.2) is 4.21 Å². The quantitative estimate of drug-likeness (QED) is 0.601. The number of carbonyl (C=O) groups is 1. The van der Waals surface area contributed by atoms with Gasteiger partial charge >= 0.3 is 0 Å². The number of alkyl halides is 1. The second kappa shape index (κ2) is 3.31. The highest BCUT2D eigenvalue weighted by Gasteiger charge is 1.96. The summed E-state index contributed by atoms with van der Waals surface area (Å²) in [5.74, 6) is -0.370. The molecule has 0 unspecified atom stereocenters. The molecule has 0 rings (SSSR count). The first-order valence-corrected chi connectivity index (χ1v) is 5.67. The Balaban J connectivity index is 4.33. The predicted molar refractivity (Wildman–Crippen MR) is 41.2 cm³/mol. The third-order valence-electron chi connectivity index (χ3n) is 0.436. The molecular formula is C4H8BrNO2S. The van der Waals surface area contributed by atoms with Gasteiger partial charge in [-0.05, 0) is 0 Å². The first-order chi connectivity index (χ1) is 3.95. The fraction of sp³-hybridized carbons (Fsp3) is 0.750. The average Bonchev–Trinajstić information content (AvgIpc) is 1.62. The molecule has 0 aromatic rings. The Kier molecular flexibility index (Phi) is 3.35. The van der Waals surface area contributed by atoms with Gasteiger partial charge in [0.1, 0.15) is 0 Å². The van der Waals surface area contributed by atoms with Gasteiger partial charge in [-0.15, -0.1) is 0 Å². The molecule has 0 aromatic heterocycles. The van der Waals surface area contributed by atoms with Crippen LogP contribution in [-0.2, 0) is 14.5 Å². The maximum atomic E-state index is 10.7. The van der Waals surface area contributed by atoms with E-state index in [0.29, 0.717) is 0 Å². The molecule has 0 aliphatic carbocycles. The molecule has 54 valence electrons. The first-order valence-electron chi connectivity index (χ1n) is 2.21. The van der Waals surface area contributed by atoms with E-state index >= 15 is 0 Å². The Morgan fingerprint density at radius 2 is 2.11 bits per heavy atom. The number of hydrogen-bond acceptors (Lipinski definition) is 2. The summed E-state index contributed by atoms with van der Waals surface area (Å²) in [5, 5.41) is 0.145. The van der Waals surface area contributed by atoms with Crippen LogP contribution in [-0.4, -0.2) is 28.0 Å². The lowest BCUT2D eigenvalue weighted by molar-refractivity contribution is -0.115. The molecule has 0 fully saturated rings. The van der Waals surface area contributed by atoms with Crippen molar-refractivity contribution >= 4 is 31.6 Å². The maximum absolute atomic E-state index is 10.7. The molecule has 1 amide bonds. The second-order valence-electron chi connectivity index (χ2n) is 1.80. The molecule has 0 aliphatic heterocycles. The van der Waals surface area contributed by atoms with E-state index in [1.807, 2.05) is 0 Å². The number of hydrogen-bond donors (Lipinski definition) is 0. The van der Waals surface area contributed by atoms with Crippen molar-refractivity contribution in [3.63, 3.8) is 0 Å². The largest absolute Gasteiger partial charge is 0.271 e. The van der Waals surface area contributed by atoms with E-state index in [1.54, 1.807) is 0 Å². The molecule has 3 nitrogen and oxygen atoms in total. The minimum absolute atomic E-state index is 0.145. The standard InChI is InChI=1S/C4H8BrNO2S/c1-9(2,8)6-4(7)3-5/h3H2,1-2H3. The zero-order valence-electron chi connectivity index (χ0n) is 5.26. The third-order valence-corrected chi connectivity index (χ3v) is 1.56. The Bertz CT molecular complexity index is 209. The van der Waals surface area contributed by atoms with E-state index in [-0.39, 0.29) is 11.2 Å². The second-order valence-corrected chi connectivity index (χ2v) is 4.91. The van der Waals surface area contributed by atoms with Crippen molar-refractivity contribution < 1.29 is 9.00 Å². The van der Waals surface area contributed by atoms with Crippen molar-refractivity contribution in [1.82, 2.24) is 0 Å². The van der Waals surface area contributed by atoms with E-state index in [0.717, 1.165) is 0 Å². The molecule has 0 radical (unpaired) electrons. The molecule has 0 atom stereocenters. The van der Waals surface area contributed by atoms with E-state index < -0.39 is 9.73 Å².